The first-order valence-electron chi connectivity index (χ1n) is 8.96. The summed E-state index contributed by atoms with van der Waals surface area (Å²) in [5.41, 5.74) is 1.63. The van der Waals surface area contributed by atoms with Gasteiger partial charge in [0.15, 0.2) is 0 Å². The van der Waals surface area contributed by atoms with E-state index in [1.165, 1.54) is 6.20 Å². The van der Waals surface area contributed by atoms with Crippen molar-refractivity contribution in [1.82, 2.24) is 20.1 Å². The number of aromatic nitrogens is 3. The number of pyridine rings is 1. The Morgan fingerprint density at radius 3 is 2.77 bits per heavy atom. The second-order valence-electron chi connectivity index (χ2n) is 6.71. The molecule has 2 aromatic carbocycles. The van der Waals surface area contributed by atoms with Crippen LogP contribution in [0.4, 0.5) is 24.5 Å². The smallest absolute Gasteiger partial charge is 0.355 e. The van der Waals surface area contributed by atoms with Gasteiger partial charge in [0.25, 0.3) is 5.56 Å². The van der Waals surface area contributed by atoms with Crippen LogP contribution in [0.15, 0.2) is 59.7 Å². The van der Waals surface area contributed by atoms with Gasteiger partial charge in [-0.05, 0) is 35.7 Å². The Morgan fingerprint density at radius 1 is 1.13 bits per heavy atom. The Bertz CT molecular complexity index is 1290. The molecule has 30 heavy (non-hydrogen) atoms. The number of carbonyl (C=O) groups is 1. The molecule has 0 radical (unpaired) electrons. The number of benzene rings is 2. The first kappa shape index (κ1) is 19.5. The second-order valence-corrected chi connectivity index (χ2v) is 6.71. The van der Waals surface area contributed by atoms with Crippen molar-refractivity contribution in [3.63, 3.8) is 0 Å². The first-order chi connectivity index (χ1) is 14.3. The zero-order chi connectivity index (χ0) is 21.3. The lowest BCUT2D eigenvalue weighted by atomic mass is 10.1. The number of alkyl halides is 3. The number of nitrogens with zero attached hydrogens (tertiary/aromatic N) is 2. The number of fused-ring (bicyclic) bond motifs is 2. The van der Waals surface area contributed by atoms with Crippen LogP contribution in [0.2, 0.25) is 0 Å². The summed E-state index contributed by atoms with van der Waals surface area (Å²) in [7, 11) is 0. The van der Waals surface area contributed by atoms with Gasteiger partial charge in [-0.15, -0.1) is 0 Å². The van der Waals surface area contributed by atoms with Crippen LogP contribution in [-0.4, -0.2) is 33.4 Å². The summed E-state index contributed by atoms with van der Waals surface area (Å²) in [6.45, 7) is -1.96. The molecule has 2 heterocycles. The van der Waals surface area contributed by atoms with Crippen LogP contribution >= 0.6 is 0 Å². The lowest BCUT2D eigenvalue weighted by Gasteiger charge is -2.13. The van der Waals surface area contributed by atoms with Crippen molar-refractivity contribution in [2.45, 2.75) is 12.7 Å². The molecule has 0 atom stereocenters. The fourth-order valence-corrected chi connectivity index (χ4v) is 3.14. The third-order valence-electron chi connectivity index (χ3n) is 4.52. The van der Waals surface area contributed by atoms with Gasteiger partial charge in [-0.25, -0.2) is 0 Å². The number of amides is 1. The number of aromatic amines is 1. The minimum atomic E-state index is -4.52. The number of hydrogen-bond acceptors (Lipinski definition) is 4. The van der Waals surface area contributed by atoms with Crippen LogP contribution in [0.25, 0.3) is 21.7 Å². The van der Waals surface area contributed by atoms with E-state index >= 15 is 0 Å². The van der Waals surface area contributed by atoms with Gasteiger partial charge in [0.05, 0.1) is 22.8 Å². The van der Waals surface area contributed by atoms with Crippen molar-refractivity contribution >= 4 is 39.0 Å². The van der Waals surface area contributed by atoms with Gasteiger partial charge in [-0.1, -0.05) is 12.1 Å². The van der Waals surface area contributed by atoms with Crippen LogP contribution in [0.5, 0.6) is 0 Å². The summed E-state index contributed by atoms with van der Waals surface area (Å²) >= 11 is 0. The van der Waals surface area contributed by atoms with E-state index < -0.39 is 30.7 Å². The molecule has 0 bridgehead atoms. The fraction of sp³-hybridized carbons (Fsp3) is 0.150. The van der Waals surface area contributed by atoms with Gasteiger partial charge in [0.2, 0.25) is 5.91 Å². The van der Waals surface area contributed by atoms with Crippen molar-refractivity contribution in [3.8, 4) is 0 Å². The van der Waals surface area contributed by atoms with Crippen LogP contribution in [0.1, 0.15) is 0 Å². The number of halogens is 3. The van der Waals surface area contributed by atoms with Crippen LogP contribution < -0.4 is 16.2 Å². The number of H-pyrrole nitrogens is 1. The van der Waals surface area contributed by atoms with Gasteiger partial charge in [0, 0.05) is 17.3 Å². The number of rotatable bonds is 5. The first-order valence-corrected chi connectivity index (χ1v) is 8.96. The number of nitrogens with one attached hydrogen (secondary N) is 3. The highest BCUT2D eigenvalue weighted by Crippen LogP contribution is 2.25. The Kier molecular flexibility index (Phi) is 4.90. The minimum Gasteiger partial charge on any atom is -0.355 e. The van der Waals surface area contributed by atoms with Crippen LogP contribution in [-0.2, 0) is 11.3 Å². The lowest BCUT2D eigenvalue weighted by molar-refractivity contribution is -0.138. The van der Waals surface area contributed by atoms with E-state index in [-0.39, 0.29) is 0 Å². The summed E-state index contributed by atoms with van der Waals surface area (Å²) in [4.78, 5) is 24.8. The highest BCUT2D eigenvalue weighted by atomic mass is 19.4. The summed E-state index contributed by atoms with van der Waals surface area (Å²) in [6, 6.07) is 12.4. The largest absolute Gasteiger partial charge is 0.405 e. The van der Waals surface area contributed by atoms with Crippen LogP contribution in [0.3, 0.4) is 0 Å². The van der Waals surface area contributed by atoms with Crippen molar-refractivity contribution < 1.29 is 18.0 Å². The molecule has 10 heteroatoms. The van der Waals surface area contributed by atoms with Gasteiger partial charge in [-0.2, -0.15) is 18.3 Å². The molecule has 0 aliphatic rings. The van der Waals surface area contributed by atoms with Gasteiger partial charge in [0.1, 0.15) is 13.1 Å². The number of anilines is 2. The standard InChI is InChI=1S/C20H16F3N5O2/c21-20(22,23)11-24-17(29)10-28-7-6-12-2-1-3-16(18(12)19(28)30)26-14-4-5-15-13(8-14)9-25-27-15/h1-9,26H,10-11H2,(H,24,29)(H,25,27). The van der Waals surface area contributed by atoms with Crippen molar-refractivity contribution in [2.24, 2.45) is 0 Å². The fourth-order valence-electron chi connectivity index (χ4n) is 3.14. The van der Waals surface area contributed by atoms with Crippen molar-refractivity contribution in [2.75, 3.05) is 11.9 Å². The Hall–Kier alpha value is -3.82. The summed E-state index contributed by atoms with van der Waals surface area (Å²) in [5, 5.41) is 13.6. The molecule has 0 saturated heterocycles. The molecule has 2 aromatic heterocycles. The topological polar surface area (TPSA) is 91.8 Å². The van der Waals surface area contributed by atoms with E-state index in [1.807, 2.05) is 18.2 Å². The molecule has 0 aliphatic heterocycles. The Balaban J connectivity index is 1.65. The van der Waals surface area contributed by atoms with E-state index in [1.54, 1.807) is 35.8 Å². The molecule has 0 unspecified atom stereocenters. The Morgan fingerprint density at radius 2 is 1.97 bits per heavy atom. The molecule has 0 spiro atoms. The highest BCUT2D eigenvalue weighted by molar-refractivity contribution is 5.95. The van der Waals surface area contributed by atoms with Crippen molar-refractivity contribution in [1.29, 1.82) is 0 Å². The molecule has 1 amide bonds. The van der Waals surface area contributed by atoms with E-state index in [2.05, 4.69) is 15.5 Å². The predicted molar refractivity (Wildman–Crippen MR) is 107 cm³/mol. The molecular weight excluding hydrogens is 399 g/mol. The maximum Gasteiger partial charge on any atom is 0.405 e. The maximum atomic E-state index is 13.0. The average molecular weight is 415 g/mol. The summed E-state index contributed by atoms with van der Waals surface area (Å²) in [5.74, 6) is -0.898. The SMILES string of the molecule is O=C(Cn1ccc2cccc(Nc3ccc4[nH]ncc4c3)c2c1=O)NCC(F)(F)F. The molecule has 0 aliphatic carbocycles. The normalized spacial score (nSPS) is 11.7. The lowest BCUT2D eigenvalue weighted by Crippen LogP contribution is -2.37. The third kappa shape index (κ3) is 4.12. The Labute approximate surface area is 167 Å². The molecule has 3 N–H and O–H groups in total. The molecule has 4 rings (SSSR count). The van der Waals surface area contributed by atoms with Gasteiger partial charge in [-0.3, -0.25) is 14.7 Å². The van der Waals surface area contributed by atoms with Gasteiger partial charge < -0.3 is 15.2 Å². The highest BCUT2D eigenvalue weighted by Gasteiger charge is 2.27. The van der Waals surface area contributed by atoms with Gasteiger partial charge >= 0.3 is 6.18 Å². The van der Waals surface area contributed by atoms with E-state index in [9.17, 15) is 22.8 Å². The summed E-state index contributed by atoms with van der Waals surface area (Å²) < 4.78 is 37.9. The quantitative estimate of drug-likeness (QED) is 0.466. The molecule has 0 fully saturated rings. The monoisotopic (exact) mass is 415 g/mol. The molecule has 4 aromatic rings. The summed E-state index contributed by atoms with van der Waals surface area (Å²) in [6.07, 6.45) is -1.45. The van der Waals surface area contributed by atoms with Crippen molar-refractivity contribution in [3.05, 3.63) is 65.2 Å². The molecule has 7 nitrogen and oxygen atoms in total. The second kappa shape index (κ2) is 7.54. The van der Waals surface area contributed by atoms with Crippen LogP contribution in [0, 0.1) is 0 Å². The molecule has 154 valence electrons. The van der Waals surface area contributed by atoms with E-state index in [0.29, 0.717) is 16.5 Å². The zero-order valence-electron chi connectivity index (χ0n) is 15.5. The van der Waals surface area contributed by atoms with E-state index in [4.69, 9.17) is 0 Å². The number of hydrogen-bond donors (Lipinski definition) is 3. The van der Waals surface area contributed by atoms with E-state index in [0.717, 1.165) is 21.2 Å². The zero-order valence-corrected chi connectivity index (χ0v) is 15.5. The molecule has 0 saturated carbocycles. The third-order valence-corrected chi connectivity index (χ3v) is 4.52. The predicted octanol–water partition coefficient (Wildman–Crippen LogP) is 3.30. The molecular formula is C20H16F3N5O2. The average Bonchev–Trinajstić information content (AvgIpc) is 3.16. The minimum absolute atomic E-state index is 0.330. The number of carbonyl (C=O) groups excluding carboxylic acids is 1. The maximum absolute atomic E-state index is 13.0.